The molecule has 0 amide bonds. The second-order valence-corrected chi connectivity index (χ2v) is 16.8. The highest BCUT2D eigenvalue weighted by Crippen LogP contribution is 2.44. The third-order valence-corrected chi connectivity index (χ3v) is 11.1. The summed E-state index contributed by atoms with van der Waals surface area (Å²) in [5.41, 5.74) is 11.1. The van der Waals surface area contributed by atoms with E-state index in [4.69, 9.17) is 14.6 Å². The molecule has 2 heterocycles. The standard InChI is InChI=1S/C54H53N3O/c1-33(2)40-29-46(34(3)4)52(58)48(30-40)53-56-51-45(21-16-22-50(51)57(53)44-25-35(5)36(6)47(32-44)38-19-14-11-15-20-38)41-26-42(28-43(27-41)54(7,8)9)49-31-39(23-24-55-49)37-17-12-10-13-18-37/h10-34,58H,1-9H3/i10D,12D,13D,17D,18D,23D,24D,31D. The van der Waals surface area contributed by atoms with E-state index in [0.717, 1.165) is 61.3 Å². The number of rotatable bonds is 8. The maximum Gasteiger partial charge on any atom is 0.149 e. The van der Waals surface area contributed by atoms with E-state index in [2.05, 4.69) is 108 Å². The van der Waals surface area contributed by atoms with Gasteiger partial charge in [0.15, 0.2) is 0 Å². The van der Waals surface area contributed by atoms with Crippen molar-refractivity contribution in [2.24, 2.45) is 0 Å². The van der Waals surface area contributed by atoms with Crippen molar-refractivity contribution in [3.63, 3.8) is 0 Å². The monoisotopic (exact) mass is 767 g/mol. The molecule has 290 valence electrons. The molecule has 0 aliphatic rings. The Labute approximate surface area is 355 Å². The predicted octanol–water partition coefficient (Wildman–Crippen LogP) is 14.6. The Balaban J connectivity index is 1.45. The molecule has 4 nitrogen and oxygen atoms in total. The number of nitrogens with zero attached hydrogens (tertiary/aromatic N) is 3. The van der Waals surface area contributed by atoms with Crippen LogP contribution in [0.25, 0.3) is 72.7 Å². The number of fused-ring (bicyclic) bond motifs is 1. The first-order valence-electron chi connectivity index (χ1n) is 23.9. The summed E-state index contributed by atoms with van der Waals surface area (Å²) in [6.45, 7) is 18.9. The molecule has 58 heavy (non-hydrogen) atoms. The van der Waals surface area contributed by atoms with Crippen molar-refractivity contribution in [3.8, 4) is 67.5 Å². The number of imidazole rings is 1. The van der Waals surface area contributed by atoms with Gasteiger partial charge in [-0.1, -0.05) is 133 Å². The molecule has 0 spiro atoms. The fourth-order valence-electron chi connectivity index (χ4n) is 7.59. The fraction of sp³-hybridized carbons (Fsp3) is 0.222. The van der Waals surface area contributed by atoms with Crippen LogP contribution in [0, 0.1) is 13.8 Å². The Hall–Kier alpha value is -6.26. The lowest BCUT2D eigenvalue weighted by Crippen LogP contribution is -2.11. The van der Waals surface area contributed by atoms with Gasteiger partial charge in [-0.25, -0.2) is 4.98 Å². The van der Waals surface area contributed by atoms with Crippen LogP contribution in [0.2, 0.25) is 0 Å². The summed E-state index contributed by atoms with van der Waals surface area (Å²) in [5, 5.41) is 12.2. The summed E-state index contributed by atoms with van der Waals surface area (Å²) in [6.07, 6.45) is -0.497. The van der Waals surface area contributed by atoms with Crippen molar-refractivity contribution in [1.29, 1.82) is 0 Å². The molecular weight excluding hydrogens is 707 g/mol. The second kappa shape index (κ2) is 15.2. The molecule has 0 bridgehead atoms. The summed E-state index contributed by atoms with van der Waals surface area (Å²) in [5.74, 6) is 0.942. The molecule has 1 N–H and O–H groups in total. The number of aromatic nitrogens is 3. The van der Waals surface area contributed by atoms with Gasteiger partial charge in [-0.05, 0) is 135 Å². The third kappa shape index (κ3) is 7.24. The van der Waals surface area contributed by atoms with E-state index in [9.17, 15) is 6.48 Å². The number of aryl methyl sites for hydroxylation is 1. The number of phenols is 1. The molecule has 6 aromatic carbocycles. The van der Waals surface area contributed by atoms with E-state index in [-0.39, 0.29) is 40.4 Å². The number of benzene rings is 6. The fourth-order valence-corrected chi connectivity index (χ4v) is 7.59. The maximum atomic E-state index is 12.2. The molecule has 0 unspecified atom stereocenters. The number of phenolic OH excluding ortho intramolecular Hbond substituents is 1. The number of pyridine rings is 1. The van der Waals surface area contributed by atoms with E-state index >= 15 is 0 Å². The highest BCUT2D eigenvalue weighted by atomic mass is 16.3. The van der Waals surface area contributed by atoms with Crippen molar-refractivity contribution in [1.82, 2.24) is 14.5 Å². The van der Waals surface area contributed by atoms with Gasteiger partial charge in [-0.2, -0.15) is 0 Å². The van der Waals surface area contributed by atoms with Crippen LogP contribution in [0.5, 0.6) is 5.75 Å². The Kier molecular flexibility index (Phi) is 7.86. The molecule has 0 saturated heterocycles. The van der Waals surface area contributed by atoms with Crippen LogP contribution in [-0.4, -0.2) is 19.6 Å². The minimum atomic E-state index is -0.597. The average molecular weight is 768 g/mol. The molecule has 2 aromatic heterocycles. The van der Waals surface area contributed by atoms with Gasteiger partial charge in [0.05, 0.1) is 33.3 Å². The van der Waals surface area contributed by atoms with Crippen LogP contribution < -0.4 is 0 Å². The summed E-state index contributed by atoms with van der Waals surface area (Å²) < 4.78 is 71.5. The number of para-hydroxylation sites is 1. The van der Waals surface area contributed by atoms with Crippen LogP contribution >= 0.6 is 0 Å². The minimum absolute atomic E-state index is 0.0313. The lowest BCUT2D eigenvalue weighted by atomic mass is 9.83. The van der Waals surface area contributed by atoms with E-state index < -0.39 is 47.8 Å². The van der Waals surface area contributed by atoms with Gasteiger partial charge in [0.25, 0.3) is 0 Å². The van der Waals surface area contributed by atoms with E-state index in [1.165, 1.54) is 0 Å². The first kappa shape index (κ1) is 29.9. The van der Waals surface area contributed by atoms with Crippen LogP contribution in [0.3, 0.4) is 0 Å². The molecule has 8 aromatic rings. The highest BCUT2D eigenvalue weighted by Gasteiger charge is 2.25. The third-order valence-electron chi connectivity index (χ3n) is 11.1. The van der Waals surface area contributed by atoms with Gasteiger partial charge in [0.2, 0.25) is 0 Å². The predicted molar refractivity (Wildman–Crippen MR) is 244 cm³/mol. The molecule has 0 aliphatic heterocycles. The van der Waals surface area contributed by atoms with Gasteiger partial charge < -0.3 is 5.11 Å². The maximum absolute atomic E-state index is 12.2. The topological polar surface area (TPSA) is 50.9 Å². The summed E-state index contributed by atoms with van der Waals surface area (Å²) >= 11 is 0. The quantitative estimate of drug-likeness (QED) is 0.167. The van der Waals surface area contributed by atoms with Crippen LogP contribution in [-0.2, 0) is 5.41 Å². The number of aromatic hydroxyl groups is 1. The highest BCUT2D eigenvalue weighted by molar-refractivity contribution is 5.97. The Morgan fingerprint density at radius 3 is 2.12 bits per heavy atom. The lowest BCUT2D eigenvalue weighted by molar-refractivity contribution is 0.466. The number of hydrogen-bond acceptors (Lipinski definition) is 3. The van der Waals surface area contributed by atoms with Crippen LogP contribution in [0.1, 0.15) is 99.1 Å². The van der Waals surface area contributed by atoms with Gasteiger partial charge >= 0.3 is 0 Å². The summed E-state index contributed by atoms with van der Waals surface area (Å²) in [4.78, 5) is 9.95. The Morgan fingerprint density at radius 1 is 0.672 bits per heavy atom. The second-order valence-electron chi connectivity index (χ2n) is 16.8. The molecular formula is C54H53N3O. The van der Waals surface area contributed by atoms with Crippen molar-refractivity contribution in [3.05, 3.63) is 167 Å². The van der Waals surface area contributed by atoms with Crippen LogP contribution in [0.4, 0.5) is 0 Å². The zero-order valence-corrected chi connectivity index (χ0v) is 34.6. The zero-order chi connectivity index (χ0) is 47.8. The SMILES string of the molecule is [2H]c1nc(-c2cc(-c3cccc4c3nc(-c3cc(C(C)C)cc(C(C)C)c3O)n4-c3cc(C)c(C)c(-c4ccccc4)c3)cc(C(C)(C)C)c2)c([2H])c(-c2c([2H])c([2H])c([2H])c([2H])c2[2H])c1[2H]. The van der Waals surface area contributed by atoms with E-state index in [0.29, 0.717) is 22.5 Å². The normalized spacial score (nSPS) is 13.8. The molecule has 4 heteroatoms. The lowest BCUT2D eigenvalue weighted by Gasteiger charge is -2.22. The van der Waals surface area contributed by atoms with Crippen molar-refractivity contribution in [2.75, 3.05) is 0 Å². The molecule has 0 aliphatic carbocycles. The van der Waals surface area contributed by atoms with Gasteiger partial charge in [0, 0.05) is 23.0 Å². The zero-order valence-electron chi connectivity index (χ0n) is 42.6. The Bertz CT molecular complexity index is 3230. The van der Waals surface area contributed by atoms with Crippen molar-refractivity contribution in [2.45, 2.75) is 79.6 Å². The van der Waals surface area contributed by atoms with Crippen molar-refractivity contribution >= 4 is 11.0 Å². The summed E-state index contributed by atoms with van der Waals surface area (Å²) in [6, 6.07) is 26.9. The first-order chi connectivity index (χ1) is 31.1. The average Bonchev–Trinajstić information content (AvgIpc) is 3.67. The van der Waals surface area contributed by atoms with E-state index in [1.807, 2.05) is 54.6 Å². The largest absolute Gasteiger partial charge is 0.507 e. The van der Waals surface area contributed by atoms with Crippen LogP contribution in [0.15, 0.2) is 139 Å². The minimum Gasteiger partial charge on any atom is -0.507 e. The van der Waals surface area contributed by atoms with Gasteiger partial charge in [-0.15, -0.1) is 0 Å². The molecule has 0 radical (unpaired) electrons. The molecule has 0 saturated carbocycles. The Morgan fingerprint density at radius 2 is 1.41 bits per heavy atom. The van der Waals surface area contributed by atoms with E-state index in [1.54, 1.807) is 0 Å². The summed E-state index contributed by atoms with van der Waals surface area (Å²) in [7, 11) is 0. The molecule has 0 atom stereocenters. The van der Waals surface area contributed by atoms with Gasteiger partial charge in [0.1, 0.15) is 11.6 Å². The smallest absolute Gasteiger partial charge is 0.149 e. The number of hydrogen-bond donors (Lipinski definition) is 1. The van der Waals surface area contributed by atoms with Gasteiger partial charge in [-0.3, -0.25) is 9.55 Å². The molecule has 0 fully saturated rings. The first-order valence-corrected chi connectivity index (χ1v) is 19.9. The van der Waals surface area contributed by atoms with Crippen molar-refractivity contribution < 1.29 is 16.1 Å². The molecule has 8 rings (SSSR count).